The van der Waals surface area contributed by atoms with Crippen molar-refractivity contribution in [2.45, 2.75) is 26.3 Å². The van der Waals surface area contributed by atoms with Gasteiger partial charge in [0.15, 0.2) is 0 Å². The molecule has 2 rings (SSSR count). The summed E-state index contributed by atoms with van der Waals surface area (Å²) in [6.07, 6.45) is 0.861. The fraction of sp³-hybridized carbons (Fsp3) is 0.500. The van der Waals surface area contributed by atoms with E-state index in [4.69, 9.17) is 4.74 Å². The first-order valence-electron chi connectivity index (χ1n) is 6.29. The van der Waals surface area contributed by atoms with Gasteiger partial charge in [0.25, 0.3) is 0 Å². The number of hydrogen-bond donors (Lipinski definition) is 2. The van der Waals surface area contributed by atoms with Crippen LogP contribution in [-0.2, 0) is 11.2 Å². The predicted molar refractivity (Wildman–Crippen MR) is 68.9 cm³/mol. The van der Waals surface area contributed by atoms with Gasteiger partial charge in [-0.15, -0.1) is 0 Å². The van der Waals surface area contributed by atoms with Crippen LogP contribution in [0.1, 0.15) is 31.0 Å². The van der Waals surface area contributed by atoms with E-state index in [2.05, 4.69) is 19.2 Å². The quantitative estimate of drug-likeness (QED) is 0.838. The monoisotopic (exact) mass is 249 g/mol. The van der Waals surface area contributed by atoms with Crippen molar-refractivity contribution < 1.29 is 14.6 Å². The Bertz CT molecular complexity index is 443. The molecule has 0 aliphatic carbocycles. The molecular formula is C14H19NO3. The van der Waals surface area contributed by atoms with Gasteiger partial charge in [0.2, 0.25) is 0 Å². The Morgan fingerprint density at radius 2 is 2.28 bits per heavy atom. The van der Waals surface area contributed by atoms with E-state index in [0.29, 0.717) is 19.1 Å². The molecular weight excluding hydrogens is 230 g/mol. The Morgan fingerprint density at radius 3 is 2.94 bits per heavy atom. The summed E-state index contributed by atoms with van der Waals surface area (Å²) < 4.78 is 5.42. The Hall–Kier alpha value is -1.55. The second kappa shape index (κ2) is 5.40. The van der Waals surface area contributed by atoms with Crippen LogP contribution >= 0.6 is 0 Å². The highest BCUT2D eigenvalue weighted by molar-refractivity contribution is 5.75. The van der Waals surface area contributed by atoms with E-state index in [0.717, 1.165) is 23.3 Å². The molecule has 1 heterocycles. The molecule has 1 atom stereocenters. The number of carboxylic acid groups (broad SMARTS) is 1. The molecule has 0 fully saturated rings. The summed E-state index contributed by atoms with van der Waals surface area (Å²) in [5, 5.41) is 12.4. The zero-order chi connectivity index (χ0) is 13.1. The Morgan fingerprint density at radius 1 is 1.50 bits per heavy atom. The van der Waals surface area contributed by atoms with Crippen LogP contribution in [0.5, 0.6) is 5.75 Å². The lowest BCUT2D eigenvalue weighted by Crippen LogP contribution is -2.31. The molecule has 0 radical (unpaired) electrons. The summed E-state index contributed by atoms with van der Waals surface area (Å²) in [4.78, 5) is 11.3. The fourth-order valence-corrected chi connectivity index (χ4v) is 2.09. The van der Waals surface area contributed by atoms with Gasteiger partial charge >= 0.3 is 5.97 Å². The smallest absolute Gasteiger partial charge is 0.325 e. The number of nitrogens with one attached hydrogen (secondary N) is 1. The lowest BCUT2D eigenvalue weighted by molar-refractivity contribution is -0.139. The highest BCUT2D eigenvalue weighted by Gasteiger charge is 2.22. The van der Waals surface area contributed by atoms with Gasteiger partial charge in [-0.05, 0) is 35.7 Å². The van der Waals surface area contributed by atoms with Gasteiger partial charge in [0, 0.05) is 6.42 Å². The molecule has 0 saturated heterocycles. The maximum absolute atomic E-state index is 11.3. The number of hydrogen-bond acceptors (Lipinski definition) is 3. The normalized spacial score (nSPS) is 15.3. The molecule has 0 spiro atoms. The van der Waals surface area contributed by atoms with Gasteiger partial charge in [-0.1, -0.05) is 19.9 Å². The predicted octanol–water partition coefficient (Wildman–Crippen LogP) is 1.99. The van der Waals surface area contributed by atoms with Crippen molar-refractivity contribution in [3.63, 3.8) is 0 Å². The van der Waals surface area contributed by atoms with Crippen LogP contribution in [0.2, 0.25) is 0 Å². The zero-order valence-corrected chi connectivity index (χ0v) is 10.8. The van der Waals surface area contributed by atoms with Gasteiger partial charge in [0.1, 0.15) is 11.8 Å². The lowest BCUT2D eigenvalue weighted by Gasteiger charge is -2.17. The Kier molecular flexibility index (Phi) is 3.87. The van der Waals surface area contributed by atoms with Crippen molar-refractivity contribution in [2.24, 2.45) is 5.92 Å². The molecule has 1 unspecified atom stereocenters. The van der Waals surface area contributed by atoms with Gasteiger partial charge in [-0.2, -0.15) is 0 Å². The molecule has 4 heteroatoms. The standard InChI is InChI=1S/C14H19NO3/c1-9(2)8-15-13(14(16)17)11-3-4-12-10(7-11)5-6-18-12/h3-4,7,9,13,15H,5-6,8H2,1-2H3,(H,16,17). The van der Waals surface area contributed by atoms with Gasteiger partial charge in [-0.25, -0.2) is 0 Å². The third kappa shape index (κ3) is 2.82. The van der Waals surface area contributed by atoms with Gasteiger partial charge < -0.3 is 15.2 Å². The number of benzene rings is 1. The molecule has 18 heavy (non-hydrogen) atoms. The summed E-state index contributed by atoms with van der Waals surface area (Å²) in [5.74, 6) is 0.464. The molecule has 1 aliphatic heterocycles. The van der Waals surface area contributed by atoms with Crippen molar-refractivity contribution in [1.29, 1.82) is 0 Å². The van der Waals surface area contributed by atoms with Crippen LogP contribution < -0.4 is 10.1 Å². The molecule has 0 aromatic heterocycles. The number of aliphatic carboxylic acids is 1. The van der Waals surface area contributed by atoms with Crippen molar-refractivity contribution in [3.05, 3.63) is 29.3 Å². The highest BCUT2D eigenvalue weighted by atomic mass is 16.5. The highest BCUT2D eigenvalue weighted by Crippen LogP contribution is 2.28. The fourth-order valence-electron chi connectivity index (χ4n) is 2.09. The minimum absolute atomic E-state index is 0.421. The van der Waals surface area contributed by atoms with E-state index >= 15 is 0 Å². The summed E-state index contributed by atoms with van der Waals surface area (Å²) in [6.45, 7) is 5.49. The second-order valence-corrected chi connectivity index (χ2v) is 5.04. The van der Waals surface area contributed by atoms with Crippen LogP contribution in [0.4, 0.5) is 0 Å². The van der Waals surface area contributed by atoms with E-state index in [9.17, 15) is 9.90 Å². The van der Waals surface area contributed by atoms with Crippen molar-refractivity contribution in [3.8, 4) is 5.75 Å². The third-order valence-corrected chi connectivity index (χ3v) is 3.02. The molecule has 4 nitrogen and oxygen atoms in total. The molecule has 1 aliphatic rings. The minimum Gasteiger partial charge on any atom is -0.493 e. The average molecular weight is 249 g/mol. The molecule has 0 saturated carbocycles. The molecule has 0 bridgehead atoms. The van der Waals surface area contributed by atoms with Crippen LogP contribution in [0, 0.1) is 5.92 Å². The molecule has 1 aromatic carbocycles. The second-order valence-electron chi connectivity index (χ2n) is 5.04. The first-order valence-corrected chi connectivity index (χ1v) is 6.29. The maximum Gasteiger partial charge on any atom is 0.325 e. The van der Waals surface area contributed by atoms with E-state index in [1.807, 2.05) is 18.2 Å². The number of carboxylic acids is 1. The number of fused-ring (bicyclic) bond motifs is 1. The van der Waals surface area contributed by atoms with Crippen molar-refractivity contribution in [1.82, 2.24) is 5.32 Å². The lowest BCUT2D eigenvalue weighted by atomic mass is 10.0. The van der Waals surface area contributed by atoms with Gasteiger partial charge in [-0.3, -0.25) is 4.79 Å². The average Bonchev–Trinajstić information content (AvgIpc) is 2.75. The van der Waals surface area contributed by atoms with Crippen LogP contribution in [0.3, 0.4) is 0 Å². The number of rotatable bonds is 5. The Balaban J connectivity index is 2.17. The van der Waals surface area contributed by atoms with Crippen LogP contribution in [0.25, 0.3) is 0 Å². The zero-order valence-electron chi connectivity index (χ0n) is 10.8. The number of ether oxygens (including phenoxy) is 1. The van der Waals surface area contributed by atoms with Crippen LogP contribution in [-0.4, -0.2) is 24.2 Å². The molecule has 2 N–H and O–H groups in total. The first kappa shape index (κ1) is 12.9. The Labute approximate surface area is 107 Å². The SMILES string of the molecule is CC(C)CNC(C(=O)O)c1ccc2c(c1)CCO2. The number of carbonyl (C=O) groups is 1. The first-order chi connectivity index (χ1) is 8.58. The van der Waals surface area contributed by atoms with E-state index in [1.165, 1.54) is 0 Å². The summed E-state index contributed by atoms with van der Waals surface area (Å²) in [5.41, 5.74) is 1.90. The van der Waals surface area contributed by atoms with E-state index in [-0.39, 0.29) is 0 Å². The summed E-state index contributed by atoms with van der Waals surface area (Å²) >= 11 is 0. The maximum atomic E-state index is 11.3. The topological polar surface area (TPSA) is 58.6 Å². The van der Waals surface area contributed by atoms with E-state index in [1.54, 1.807) is 0 Å². The summed E-state index contributed by atoms with van der Waals surface area (Å²) in [6, 6.07) is 4.99. The molecule has 98 valence electrons. The van der Waals surface area contributed by atoms with Gasteiger partial charge in [0.05, 0.1) is 6.61 Å². The van der Waals surface area contributed by atoms with Crippen molar-refractivity contribution >= 4 is 5.97 Å². The third-order valence-electron chi connectivity index (χ3n) is 3.02. The van der Waals surface area contributed by atoms with E-state index < -0.39 is 12.0 Å². The van der Waals surface area contributed by atoms with Crippen molar-refractivity contribution in [2.75, 3.05) is 13.2 Å². The van der Waals surface area contributed by atoms with Crippen LogP contribution in [0.15, 0.2) is 18.2 Å². The molecule has 0 amide bonds. The largest absolute Gasteiger partial charge is 0.493 e. The summed E-state index contributed by atoms with van der Waals surface area (Å²) in [7, 11) is 0. The molecule has 1 aromatic rings. The minimum atomic E-state index is -0.838.